The van der Waals surface area contributed by atoms with Crippen molar-refractivity contribution >= 4 is 39.3 Å². The van der Waals surface area contributed by atoms with Crippen molar-refractivity contribution in [2.24, 2.45) is 0 Å². The first-order chi connectivity index (χ1) is 8.15. The van der Waals surface area contributed by atoms with Gasteiger partial charge < -0.3 is 4.72 Å². The number of halogens is 1. The molecule has 0 amide bonds. The molecule has 17 heavy (non-hydrogen) atoms. The number of anilines is 1. The van der Waals surface area contributed by atoms with E-state index in [1.54, 1.807) is 0 Å². The Morgan fingerprint density at radius 2 is 1.82 bits per heavy atom. The standard InChI is InChI=1S/C13H12INOS/c1-10-3-2-4-12(9-10)15-17(16)13-7-5-11(14)6-8-13/h2-9,15H,1H3/t17-/m1/s1. The molecule has 0 aliphatic heterocycles. The SMILES string of the molecule is Cc1cccc(N[S@](=O)c2ccc(I)cc2)c1. The van der Waals surface area contributed by atoms with Gasteiger partial charge >= 0.3 is 0 Å². The minimum atomic E-state index is -1.20. The van der Waals surface area contributed by atoms with Crippen LogP contribution in [0.2, 0.25) is 0 Å². The van der Waals surface area contributed by atoms with Crippen LogP contribution in [0.25, 0.3) is 0 Å². The van der Waals surface area contributed by atoms with Crippen molar-refractivity contribution in [3.8, 4) is 0 Å². The Morgan fingerprint density at radius 3 is 2.47 bits per heavy atom. The van der Waals surface area contributed by atoms with Crippen molar-refractivity contribution in [3.63, 3.8) is 0 Å². The zero-order valence-electron chi connectivity index (χ0n) is 9.31. The van der Waals surface area contributed by atoms with Gasteiger partial charge in [0.15, 0.2) is 0 Å². The lowest BCUT2D eigenvalue weighted by atomic mass is 10.2. The average molecular weight is 357 g/mol. The maximum absolute atomic E-state index is 12.0. The molecular weight excluding hydrogens is 345 g/mol. The van der Waals surface area contributed by atoms with Crippen LogP contribution in [0.3, 0.4) is 0 Å². The number of hydrogen-bond donors (Lipinski definition) is 1. The summed E-state index contributed by atoms with van der Waals surface area (Å²) < 4.78 is 16.2. The van der Waals surface area contributed by atoms with Gasteiger partial charge in [0.1, 0.15) is 11.0 Å². The van der Waals surface area contributed by atoms with E-state index in [1.807, 2.05) is 55.5 Å². The highest BCUT2D eigenvalue weighted by atomic mass is 127. The molecule has 0 radical (unpaired) electrons. The molecule has 0 unspecified atom stereocenters. The van der Waals surface area contributed by atoms with Crippen LogP contribution in [0.1, 0.15) is 5.56 Å². The summed E-state index contributed by atoms with van der Waals surface area (Å²) in [6.45, 7) is 2.01. The van der Waals surface area contributed by atoms with Gasteiger partial charge in [0.2, 0.25) is 0 Å². The topological polar surface area (TPSA) is 29.1 Å². The fourth-order valence-electron chi connectivity index (χ4n) is 1.43. The highest BCUT2D eigenvalue weighted by Gasteiger charge is 2.03. The smallest absolute Gasteiger partial charge is 0.150 e. The molecule has 0 bridgehead atoms. The van der Waals surface area contributed by atoms with Gasteiger partial charge in [-0.05, 0) is 71.5 Å². The molecule has 88 valence electrons. The van der Waals surface area contributed by atoms with E-state index >= 15 is 0 Å². The van der Waals surface area contributed by atoms with E-state index in [1.165, 1.54) is 0 Å². The fraction of sp³-hybridized carbons (Fsp3) is 0.0769. The summed E-state index contributed by atoms with van der Waals surface area (Å²) in [5, 5.41) is 0. The maximum Gasteiger partial charge on any atom is 0.150 e. The summed E-state index contributed by atoms with van der Waals surface area (Å²) >= 11 is 2.23. The average Bonchev–Trinajstić information content (AvgIpc) is 2.29. The van der Waals surface area contributed by atoms with Crippen LogP contribution >= 0.6 is 22.6 Å². The quantitative estimate of drug-likeness (QED) is 0.834. The maximum atomic E-state index is 12.0. The molecule has 4 heteroatoms. The second kappa shape index (κ2) is 5.64. The van der Waals surface area contributed by atoms with Crippen molar-refractivity contribution in [2.45, 2.75) is 11.8 Å². The lowest BCUT2D eigenvalue weighted by molar-refractivity contribution is 0.686. The summed E-state index contributed by atoms with van der Waals surface area (Å²) in [5.74, 6) is 0. The molecule has 0 fully saturated rings. The molecule has 1 atom stereocenters. The number of aryl methyl sites for hydroxylation is 1. The van der Waals surface area contributed by atoms with Gasteiger partial charge in [-0.1, -0.05) is 12.1 Å². The van der Waals surface area contributed by atoms with Crippen LogP contribution in [0, 0.1) is 10.5 Å². The Bertz CT molecular complexity index is 539. The molecule has 1 N–H and O–H groups in total. The summed E-state index contributed by atoms with van der Waals surface area (Å²) in [6.07, 6.45) is 0. The van der Waals surface area contributed by atoms with Crippen LogP contribution in [0.4, 0.5) is 5.69 Å². The lowest BCUT2D eigenvalue weighted by Gasteiger charge is -2.06. The molecule has 0 heterocycles. The first kappa shape index (κ1) is 12.6. The number of nitrogens with one attached hydrogen (secondary N) is 1. The summed E-state index contributed by atoms with van der Waals surface area (Å²) in [5.41, 5.74) is 2.02. The summed E-state index contributed by atoms with van der Waals surface area (Å²) in [7, 11) is -1.20. The van der Waals surface area contributed by atoms with E-state index in [0.29, 0.717) is 0 Å². The van der Waals surface area contributed by atoms with E-state index in [-0.39, 0.29) is 0 Å². The third-order valence-corrected chi connectivity index (χ3v) is 4.10. The van der Waals surface area contributed by atoms with Crippen LogP contribution in [0.15, 0.2) is 53.4 Å². The second-order valence-electron chi connectivity index (χ2n) is 3.69. The van der Waals surface area contributed by atoms with Gasteiger partial charge in [0.05, 0.1) is 4.90 Å². The van der Waals surface area contributed by atoms with E-state index in [9.17, 15) is 4.21 Å². The van der Waals surface area contributed by atoms with Crippen molar-refractivity contribution in [1.82, 2.24) is 0 Å². The molecule has 2 aromatic carbocycles. The highest BCUT2D eigenvalue weighted by Crippen LogP contribution is 2.15. The molecule has 2 rings (SSSR count). The number of rotatable bonds is 3. The molecule has 0 aliphatic carbocycles. The van der Waals surface area contributed by atoms with Crippen LogP contribution in [-0.4, -0.2) is 4.21 Å². The van der Waals surface area contributed by atoms with E-state index in [2.05, 4.69) is 27.3 Å². The normalized spacial score (nSPS) is 12.1. The lowest BCUT2D eigenvalue weighted by Crippen LogP contribution is -2.04. The predicted molar refractivity (Wildman–Crippen MR) is 80.4 cm³/mol. The van der Waals surface area contributed by atoms with Gasteiger partial charge in [-0.25, -0.2) is 4.21 Å². The monoisotopic (exact) mass is 357 g/mol. The van der Waals surface area contributed by atoms with Gasteiger partial charge in [-0.3, -0.25) is 0 Å². The third-order valence-electron chi connectivity index (χ3n) is 2.26. The Morgan fingerprint density at radius 1 is 1.12 bits per heavy atom. The Kier molecular flexibility index (Phi) is 4.17. The van der Waals surface area contributed by atoms with Crippen molar-refractivity contribution in [1.29, 1.82) is 0 Å². The second-order valence-corrected chi connectivity index (χ2v) is 6.15. The Labute approximate surface area is 117 Å². The first-order valence-corrected chi connectivity index (χ1v) is 7.39. The molecule has 0 aromatic heterocycles. The Balaban J connectivity index is 2.14. The largest absolute Gasteiger partial charge is 0.301 e. The van der Waals surface area contributed by atoms with Crippen LogP contribution < -0.4 is 4.72 Å². The molecule has 0 aliphatic rings. The summed E-state index contributed by atoms with van der Waals surface area (Å²) in [6, 6.07) is 15.5. The molecular formula is C13H12INOS. The fourth-order valence-corrected chi connectivity index (χ4v) is 2.63. The first-order valence-electron chi connectivity index (χ1n) is 5.16. The van der Waals surface area contributed by atoms with Crippen molar-refractivity contribution in [2.75, 3.05) is 4.72 Å². The number of hydrogen-bond acceptors (Lipinski definition) is 1. The predicted octanol–water partition coefficient (Wildman–Crippen LogP) is 3.73. The molecule has 2 nitrogen and oxygen atoms in total. The highest BCUT2D eigenvalue weighted by molar-refractivity contribution is 14.1. The molecule has 0 spiro atoms. The molecule has 2 aromatic rings. The third kappa shape index (κ3) is 3.54. The molecule has 0 saturated heterocycles. The number of benzene rings is 2. The minimum Gasteiger partial charge on any atom is -0.301 e. The van der Waals surface area contributed by atoms with E-state index < -0.39 is 11.0 Å². The van der Waals surface area contributed by atoms with E-state index in [4.69, 9.17) is 0 Å². The van der Waals surface area contributed by atoms with Crippen molar-refractivity contribution < 1.29 is 4.21 Å². The van der Waals surface area contributed by atoms with Gasteiger partial charge in [0.25, 0.3) is 0 Å². The zero-order valence-corrected chi connectivity index (χ0v) is 12.3. The van der Waals surface area contributed by atoms with Crippen molar-refractivity contribution in [3.05, 3.63) is 57.7 Å². The zero-order chi connectivity index (χ0) is 12.3. The van der Waals surface area contributed by atoms with Gasteiger partial charge in [0, 0.05) is 9.26 Å². The van der Waals surface area contributed by atoms with Gasteiger partial charge in [-0.2, -0.15) is 0 Å². The minimum absolute atomic E-state index is 0.784. The van der Waals surface area contributed by atoms with E-state index in [0.717, 1.165) is 19.7 Å². The summed E-state index contributed by atoms with van der Waals surface area (Å²) in [4.78, 5) is 0.784. The Hall–Kier alpha value is -0.880. The molecule has 0 saturated carbocycles. The van der Waals surface area contributed by atoms with Crippen LogP contribution in [-0.2, 0) is 11.0 Å². The van der Waals surface area contributed by atoms with Crippen LogP contribution in [0.5, 0.6) is 0 Å². The van der Waals surface area contributed by atoms with Gasteiger partial charge in [-0.15, -0.1) is 0 Å².